The molecule has 2 aliphatic carbocycles. The van der Waals surface area contributed by atoms with Crippen LogP contribution in [0.5, 0.6) is 0 Å². The number of hydrogen-bond donors (Lipinski definition) is 0. The van der Waals surface area contributed by atoms with Crippen LogP contribution in [0.4, 0.5) is 4.39 Å². The van der Waals surface area contributed by atoms with Crippen molar-refractivity contribution in [1.82, 2.24) is 0 Å². The van der Waals surface area contributed by atoms with Gasteiger partial charge in [0.2, 0.25) is 0 Å². The van der Waals surface area contributed by atoms with Crippen molar-refractivity contribution in [2.24, 2.45) is 23.7 Å². The van der Waals surface area contributed by atoms with Gasteiger partial charge in [-0.3, -0.25) is 0 Å². The van der Waals surface area contributed by atoms with Gasteiger partial charge in [0.15, 0.2) is 6.29 Å². The van der Waals surface area contributed by atoms with Crippen molar-refractivity contribution in [3.8, 4) is 0 Å². The number of halogens is 1. The zero-order valence-corrected chi connectivity index (χ0v) is 15.1. The molecule has 1 saturated heterocycles. The van der Waals surface area contributed by atoms with Crippen LogP contribution in [0, 0.1) is 23.7 Å². The van der Waals surface area contributed by atoms with Crippen molar-refractivity contribution in [3.63, 3.8) is 0 Å². The van der Waals surface area contributed by atoms with E-state index in [1.54, 1.807) is 6.08 Å². The quantitative estimate of drug-likeness (QED) is 0.591. The molecular weight excluding hydrogens is 303 g/mol. The van der Waals surface area contributed by atoms with Crippen molar-refractivity contribution >= 4 is 0 Å². The van der Waals surface area contributed by atoms with Gasteiger partial charge >= 0.3 is 0 Å². The summed E-state index contributed by atoms with van der Waals surface area (Å²) in [7, 11) is 0. The van der Waals surface area contributed by atoms with Crippen LogP contribution in [0.1, 0.15) is 64.7 Å². The minimum absolute atomic E-state index is 0.0321. The van der Waals surface area contributed by atoms with Gasteiger partial charge in [0.25, 0.3) is 0 Å². The van der Waals surface area contributed by atoms with E-state index in [4.69, 9.17) is 9.47 Å². The largest absolute Gasteiger partial charge is 0.352 e. The molecule has 0 bridgehead atoms. The molecule has 0 spiro atoms. The first-order chi connectivity index (χ1) is 11.8. The van der Waals surface area contributed by atoms with Crippen LogP contribution in [0.3, 0.4) is 0 Å². The van der Waals surface area contributed by atoms with Crippen molar-refractivity contribution in [1.29, 1.82) is 0 Å². The van der Waals surface area contributed by atoms with E-state index >= 15 is 0 Å². The molecule has 0 radical (unpaired) electrons. The molecule has 0 amide bonds. The molecule has 0 aromatic rings. The molecule has 2 nitrogen and oxygen atoms in total. The maximum Gasteiger partial charge on any atom is 0.160 e. The maximum atomic E-state index is 13.1. The Morgan fingerprint density at radius 3 is 2.42 bits per heavy atom. The first-order valence-corrected chi connectivity index (χ1v) is 10.0. The molecule has 1 aliphatic heterocycles. The molecule has 1 unspecified atom stereocenters. The molecule has 1 atom stereocenters. The lowest BCUT2D eigenvalue weighted by molar-refractivity contribution is -0.233. The molecule has 2 fully saturated rings. The Hall–Kier alpha value is -0.670. The van der Waals surface area contributed by atoms with E-state index in [1.165, 1.54) is 38.5 Å². The molecule has 0 aromatic heterocycles. The van der Waals surface area contributed by atoms with Crippen molar-refractivity contribution < 1.29 is 13.9 Å². The Balaban J connectivity index is 1.38. The van der Waals surface area contributed by atoms with Gasteiger partial charge in [0, 0.05) is 11.8 Å². The first kappa shape index (κ1) is 18.1. The Bertz CT molecular complexity index is 429. The third kappa shape index (κ3) is 4.92. The van der Waals surface area contributed by atoms with Crippen LogP contribution in [-0.4, -0.2) is 19.5 Å². The molecule has 136 valence electrons. The second-order valence-electron chi connectivity index (χ2n) is 7.87. The average molecular weight is 336 g/mol. The van der Waals surface area contributed by atoms with Crippen LogP contribution in [0.15, 0.2) is 24.1 Å². The maximum absolute atomic E-state index is 13.1. The predicted octanol–water partition coefficient (Wildman–Crippen LogP) is 5.79. The fourth-order valence-corrected chi connectivity index (χ4v) is 4.41. The average Bonchev–Trinajstić information content (AvgIpc) is 2.63. The molecular formula is C21H33FO2. The standard InChI is InChI=1S/C21H33FO2/c1-2-3-4-5-16-6-8-17(9-7-16)19-14-23-21(24-15-19)18-10-12-20(22)13-11-18/h4-5,12,16-19,21H,2-3,6-11,13-15H2,1H3/b5-4+. The van der Waals surface area contributed by atoms with Gasteiger partial charge in [0.1, 0.15) is 0 Å². The van der Waals surface area contributed by atoms with Crippen LogP contribution in [-0.2, 0) is 9.47 Å². The third-order valence-corrected chi connectivity index (χ3v) is 6.08. The Morgan fingerprint density at radius 1 is 1.04 bits per heavy atom. The molecule has 24 heavy (non-hydrogen) atoms. The highest BCUT2D eigenvalue weighted by atomic mass is 19.1. The zero-order valence-electron chi connectivity index (χ0n) is 15.1. The highest BCUT2D eigenvalue weighted by molar-refractivity contribution is 4.99. The molecule has 0 aromatic carbocycles. The summed E-state index contributed by atoms with van der Waals surface area (Å²) in [5, 5.41) is 0. The van der Waals surface area contributed by atoms with E-state index < -0.39 is 0 Å². The number of unbranched alkanes of at least 4 members (excludes halogenated alkanes) is 1. The Labute approximate surface area is 146 Å². The third-order valence-electron chi connectivity index (χ3n) is 6.08. The van der Waals surface area contributed by atoms with Gasteiger partial charge in [-0.1, -0.05) is 31.6 Å². The van der Waals surface area contributed by atoms with E-state index in [2.05, 4.69) is 19.1 Å². The van der Waals surface area contributed by atoms with Crippen LogP contribution in [0.25, 0.3) is 0 Å². The van der Waals surface area contributed by atoms with E-state index in [0.29, 0.717) is 18.3 Å². The molecule has 1 saturated carbocycles. The summed E-state index contributed by atoms with van der Waals surface area (Å²) in [6, 6.07) is 0. The SMILES string of the molecule is CCC/C=C/C1CCC(C2COC(C3CC=C(F)CC3)OC2)CC1. The Morgan fingerprint density at radius 2 is 1.79 bits per heavy atom. The van der Waals surface area contributed by atoms with Gasteiger partial charge in [-0.2, -0.15) is 0 Å². The fraction of sp³-hybridized carbons (Fsp3) is 0.810. The summed E-state index contributed by atoms with van der Waals surface area (Å²) in [5.74, 6) is 2.47. The number of hydrogen-bond acceptors (Lipinski definition) is 2. The van der Waals surface area contributed by atoms with E-state index in [-0.39, 0.29) is 12.1 Å². The van der Waals surface area contributed by atoms with Crippen molar-refractivity contribution in [3.05, 3.63) is 24.1 Å². The van der Waals surface area contributed by atoms with Gasteiger partial charge in [-0.25, -0.2) is 4.39 Å². The molecule has 1 heterocycles. The number of allylic oxidation sites excluding steroid dienone is 4. The van der Waals surface area contributed by atoms with E-state index in [0.717, 1.165) is 37.9 Å². The van der Waals surface area contributed by atoms with Crippen molar-refractivity contribution in [2.75, 3.05) is 13.2 Å². The number of rotatable bonds is 5. The zero-order chi connectivity index (χ0) is 16.8. The van der Waals surface area contributed by atoms with Crippen LogP contribution < -0.4 is 0 Å². The van der Waals surface area contributed by atoms with E-state index in [9.17, 15) is 4.39 Å². The summed E-state index contributed by atoms with van der Waals surface area (Å²) in [5.41, 5.74) is 0. The normalized spacial score (nSPS) is 38.2. The number of ether oxygens (including phenoxy) is 2. The molecule has 3 rings (SSSR count). The van der Waals surface area contributed by atoms with Gasteiger partial charge < -0.3 is 9.47 Å². The fourth-order valence-electron chi connectivity index (χ4n) is 4.41. The molecule has 3 aliphatic rings. The topological polar surface area (TPSA) is 18.5 Å². The predicted molar refractivity (Wildman–Crippen MR) is 95.2 cm³/mol. The molecule has 3 heteroatoms. The van der Waals surface area contributed by atoms with Gasteiger partial charge in [-0.05, 0) is 63.2 Å². The smallest absolute Gasteiger partial charge is 0.160 e. The first-order valence-electron chi connectivity index (χ1n) is 10.0. The monoisotopic (exact) mass is 336 g/mol. The summed E-state index contributed by atoms with van der Waals surface area (Å²) >= 11 is 0. The second kappa shape index (κ2) is 9.15. The van der Waals surface area contributed by atoms with Gasteiger partial charge in [-0.15, -0.1) is 0 Å². The highest BCUT2D eigenvalue weighted by Crippen LogP contribution is 2.37. The summed E-state index contributed by atoms with van der Waals surface area (Å²) in [6.45, 7) is 3.89. The second-order valence-corrected chi connectivity index (χ2v) is 7.87. The van der Waals surface area contributed by atoms with E-state index in [1.807, 2.05) is 0 Å². The molecule has 0 N–H and O–H groups in total. The van der Waals surface area contributed by atoms with Crippen molar-refractivity contribution in [2.45, 2.75) is 71.0 Å². The lowest BCUT2D eigenvalue weighted by Crippen LogP contribution is -2.40. The Kier molecular flexibility index (Phi) is 6.91. The lowest BCUT2D eigenvalue weighted by Gasteiger charge is -2.39. The summed E-state index contributed by atoms with van der Waals surface area (Å²) in [6.07, 6.45) is 16.3. The van der Waals surface area contributed by atoms with Gasteiger partial charge in [0.05, 0.1) is 19.0 Å². The van der Waals surface area contributed by atoms with Crippen LogP contribution in [0.2, 0.25) is 0 Å². The lowest BCUT2D eigenvalue weighted by atomic mass is 9.76. The minimum atomic E-state index is -0.112. The van der Waals surface area contributed by atoms with Crippen LogP contribution >= 0.6 is 0 Å². The minimum Gasteiger partial charge on any atom is -0.352 e. The summed E-state index contributed by atoms with van der Waals surface area (Å²) in [4.78, 5) is 0. The summed E-state index contributed by atoms with van der Waals surface area (Å²) < 4.78 is 25.2. The highest BCUT2D eigenvalue weighted by Gasteiger charge is 2.34.